The van der Waals surface area contributed by atoms with Crippen LogP contribution in [-0.4, -0.2) is 36.1 Å². The van der Waals surface area contributed by atoms with E-state index in [2.05, 4.69) is 44.8 Å². The third kappa shape index (κ3) is 7.31. The third-order valence-electron chi connectivity index (χ3n) is 4.33. The van der Waals surface area contributed by atoms with E-state index in [1.807, 2.05) is 0 Å². The minimum absolute atomic E-state index is 0.349. The first-order chi connectivity index (χ1) is 8.89. The van der Waals surface area contributed by atoms with Crippen molar-refractivity contribution in [2.75, 3.05) is 19.6 Å². The monoisotopic (exact) mass is 268 g/mol. The summed E-state index contributed by atoms with van der Waals surface area (Å²) in [4.78, 5) is 2.62. The Bertz CT molecular complexity index is 222. The summed E-state index contributed by atoms with van der Waals surface area (Å²) in [5, 5.41) is 3.76. The molecular formula is C17H36N2. The van der Waals surface area contributed by atoms with E-state index in [0.717, 1.165) is 12.0 Å². The largest absolute Gasteiger partial charge is 0.314 e. The number of hydrogen-bond acceptors (Lipinski definition) is 2. The Balaban J connectivity index is 2.01. The van der Waals surface area contributed by atoms with Gasteiger partial charge in [-0.05, 0) is 52.5 Å². The van der Waals surface area contributed by atoms with E-state index in [4.69, 9.17) is 0 Å². The lowest BCUT2D eigenvalue weighted by molar-refractivity contribution is 0.0963. The second kappa shape index (κ2) is 8.26. The maximum Gasteiger partial charge on any atom is 0.0125 e. The Morgan fingerprint density at radius 2 is 1.68 bits per heavy atom. The molecule has 1 aliphatic heterocycles. The molecule has 1 saturated heterocycles. The molecule has 0 atom stereocenters. The molecule has 0 radical (unpaired) electrons. The summed E-state index contributed by atoms with van der Waals surface area (Å²) in [7, 11) is 0. The van der Waals surface area contributed by atoms with Crippen molar-refractivity contribution in [1.82, 2.24) is 10.2 Å². The van der Waals surface area contributed by atoms with Gasteiger partial charge >= 0.3 is 0 Å². The van der Waals surface area contributed by atoms with Gasteiger partial charge < -0.3 is 5.32 Å². The number of unbranched alkanes of at least 4 members (excludes halogenated alkanes) is 2. The lowest BCUT2D eigenvalue weighted by Gasteiger charge is -2.41. The van der Waals surface area contributed by atoms with Crippen LogP contribution in [0.15, 0.2) is 0 Å². The highest BCUT2D eigenvalue weighted by atomic mass is 15.2. The highest BCUT2D eigenvalue weighted by Gasteiger charge is 2.26. The summed E-state index contributed by atoms with van der Waals surface area (Å²) in [6.07, 6.45) is 8.19. The first kappa shape index (κ1) is 17.0. The SMILES string of the molecule is CC(C)CCCCCNC1CCN(C(C)(C)C)CC1. The summed E-state index contributed by atoms with van der Waals surface area (Å²) in [6, 6.07) is 0.767. The average molecular weight is 268 g/mol. The van der Waals surface area contributed by atoms with Crippen molar-refractivity contribution in [1.29, 1.82) is 0 Å². The molecule has 0 aromatic carbocycles. The van der Waals surface area contributed by atoms with Crippen LogP contribution in [-0.2, 0) is 0 Å². The summed E-state index contributed by atoms with van der Waals surface area (Å²) in [5.41, 5.74) is 0.349. The highest BCUT2D eigenvalue weighted by molar-refractivity contribution is 4.84. The average Bonchev–Trinajstić information content (AvgIpc) is 2.32. The van der Waals surface area contributed by atoms with Gasteiger partial charge in [-0.3, -0.25) is 4.90 Å². The maximum absolute atomic E-state index is 3.76. The molecule has 0 aliphatic carbocycles. The van der Waals surface area contributed by atoms with Crippen molar-refractivity contribution >= 4 is 0 Å². The number of nitrogens with zero attached hydrogens (tertiary/aromatic N) is 1. The highest BCUT2D eigenvalue weighted by Crippen LogP contribution is 2.20. The lowest BCUT2D eigenvalue weighted by atomic mass is 9.98. The number of hydrogen-bond donors (Lipinski definition) is 1. The molecule has 0 aromatic heterocycles. The lowest BCUT2D eigenvalue weighted by Crippen LogP contribution is -2.50. The van der Waals surface area contributed by atoms with E-state index in [0.29, 0.717) is 5.54 Å². The van der Waals surface area contributed by atoms with E-state index < -0.39 is 0 Å². The van der Waals surface area contributed by atoms with Crippen LogP contribution in [0.5, 0.6) is 0 Å². The molecule has 0 spiro atoms. The van der Waals surface area contributed by atoms with Crippen molar-refractivity contribution in [2.45, 2.75) is 84.7 Å². The molecule has 19 heavy (non-hydrogen) atoms. The van der Waals surface area contributed by atoms with Crippen molar-refractivity contribution in [3.63, 3.8) is 0 Å². The smallest absolute Gasteiger partial charge is 0.0125 e. The van der Waals surface area contributed by atoms with Crippen LogP contribution in [0.3, 0.4) is 0 Å². The molecule has 1 aliphatic rings. The second-order valence-corrected chi connectivity index (χ2v) is 7.63. The van der Waals surface area contributed by atoms with Crippen molar-refractivity contribution in [3.8, 4) is 0 Å². The van der Waals surface area contributed by atoms with E-state index in [1.165, 1.54) is 58.2 Å². The Labute approximate surface area is 121 Å². The molecule has 0 saturated carbocycles. The third-order valence-corrected chi connectivity index (χ3v) is 4.33. The van der Waals surface area contributed by atoms with Gasteiger partial charge in [0.15, 0.2) is 0 Å². The molecule has 2 nitrogen and oxygen atoms in total. The molecule has 1 fully saturated rings. The van der Waals surface area contributed by atoms with Crippen molar-refractivity contribution in [2.24, 2.45) is 5.92 Å². The van der Waals surface area contributed by atoms with Gasteiger partial charge in [0.25, 0.3) is 0 Å². The molecule has 114 valence electrons. The molecular weight excluding hydrogens is 232 g/mol. The van der Waals surface area contributed by atoms with Gasteiger partial charge in [0.05, 0.1) is 0 Å². The van der Waals surface area contributed by atoms with E-state index >= 15 is 0 Å². The van der Waals surface area contributed by atoms with Gasteiger partial charge in [0, 0.05) is 24.7 Å². The first-order valence-electron chi connectivity index (χ1n) is 8.38. The second-order valence-electron chi connectivity index (χ2n) is 7.63. The fraction of sp³-hybridized carbons (Fsp3) is 1.00. The Morgan fingerprint density at radius 1 is 1.05 bits per heavy atom. The van der Waals surface area contributed by atoms with Crippen LogP contribution in [0.1, 0.15) is 73.1 Å². The minimum atomic E-state index is 0.349. The topological polar surface area (TPSA) is 15.3 Å². The molecule has 0 unspecified atom stereocenters. The molecule has 2 heteroatoms. The van der Waals surface area contributed by atoms with Crippen LogP contribution in [0.25, 0.3) is 0 Å². The first-order valence-corrected chi connectivity index (χ1v) is 8.38. The minimum Gasteiger partial charge on any atom is -0.314 e. The summed E-state index contributed by atoms with van der Waals surface area (Å²) in [6.45, 7) is 15.4. The zero-order valence-corrected chi connectivity index (χ0v) is 14.0. The zero-order chi connectivity index (χ0) is 14.3. The Hall–Kier alpha value is -0.0800. The van der Waals surface area contributed by atoms with E-state index in [1.54, 1.807) is 0 Å². The predicted octanol–water partition coefficient (Wildman–Crippen LogP) is 4.06. The molecule has 0 bridgehead atoms. The van der Waals surface area contributed by atoms with Gasteiger partial charge in [-0.2, -0.15) is 0 Å². The van der Waals surface area contributed by atoms with Gasteiger partial charge in [0.2, 0.25) is 0 Å². The predicted molar refractivity (Wildman–Crippen MR) is 85.7 cm³/mol. The summed E-state index contributed by atoms with van der Waals surface area (Å²) in [5.74, 6) is 0.870. The number of piperidine rings is 1. The fourth-order valence-corrected chi connectivity index (χ4v) is 2.91. The standard InChI is InChI=1S/C17H36N2/c1-15(2)9-7-6-8-12-18-16-10-13-19(14-11-16)17(3,4)5/h15-16,18H,6-14H2,1-5H3. The van der Waals surface area contributed by atoms with Gasteiger partial charge in [0.1, 0.15) is 0 Å². The van der Waals surface area contributed by atoms with E-state index in [9.17, 15) is 0 Å². The normalized spacial score (nSPS) is 19.3. The van der Waals surface area contributed by atoms with Crippen LogP contribution >= 0.6 is 0 Å². The van der Waals surface area contributed by atoms with Crippen molar-refractivity contribution < 1.29 is 0 Å². The molecule has 1 N–H and O–H groups in total. The Kier molecular flexibility index (Phi) is 7.38. The molecule has 0 aromatic rings. The maximum atomic E-state index is 3.76. The number of nitrogens with one attached hydrogen (secondary N) is 1. The van der Waals surface area contributed by atoms with Crippen LogP contribution in [0.4, 0.5) is 0 Å². The summed E-state index contributed by atoms with van der Waals surface area (Å²) >= 11 is 0. The quantitative estimate of drug-likeness (QED) is 0.701. The zero-order valence-electron chi connectivity index (χ0n) is 14.0. The molecule has 1 rings (SSSR count). The van der Waals surface area contributed by atoms with Crippen molar-refractivity contribution in [3.05, 3.63) is 0 Å². The fourth-order valence-electron chi connectivity index (χ4n) is 2.91. The van der Waals surface area contributed by atoms with Gasteiger partial charge in [-0.15, -0.1) is 0 Å². The summed E-state index contributed by atoms with van der Waals surface area (Å²) < 4.78 is 0. The van der Waals surface area contributed by atoms with Crippen LogP contribution in [0.2, 0.25) is 0 Å². The molecule has 1 heterocycles. The number of likely N-dealkylation sites (tertiary alicyclic amines) is 1. The molecule has 0 amide bonds. The van der Waals surface area contributed by atoms with Crippen LogP contribution < -0.4 is 5.32 Å². The Morgan fingerprint density at radius 3 is 2.21 bits per heavy atom. The van der Waals surface area contributed by atoms with Gasteiger partial charge in [-0.25, -0.2) is 0 Å². The van der Waals surface area contributed by atoms with E-state index in [-0.39, 0.29) is 0 Å². The van der Waals surface area contributed by atoms with Crippen LogP contribution in [0, 0.1) is 5.92 Å². The number of rotatable bonds is 7. The van der Waals surface area contributed by atoms with Gasteiger partial charge in [-0.1, -0.05) is 33.1 Å².